The first-order valence-electron chi connectivity index (χ1n) is 6.12. The van der Waals surface area contributed by atoms with E-state index < -0.39 is 0 Å². The quantitative estimate of drug-likeness (QED) is 0.886. The third kappa shape index (κ3) is 3.31. The van der Waals surface area contributed by atoms with E-state index in [-0.39, 0.29) is 5.91 Å². The number of rotatable bonds is 3. The first-order valence-corrected chi connectivity index (χ1v) is 6.12. The Morgan fingerprint density at radius 3 is 2.26 bits per heavy atom. The lowest BCUT2D eigenvalue weighted by Crippen LogP contribution is -2.13. The maximum absolute atomic E-state index is 12.0. The summed E-state index contributed by atoms with van der Waals surface area (Å²) in [7, 11) is 1.81. The zero-order chi connectivity index (χ0) is 13.8. The molecule has 1 aromatic carbocycles. The standard InChI is InChI=1S/C15H17N3O/c1-10-6-11(2)8-13(7-10)18-15(19)14-5-4-12(16-3)9-17-14/h4-9,16H,1-3H3,(H,18,19). The lowest BCUT2D eigenvalue weighted by Gasteiger charge is -2.07. The summed E-state index contributed by atoms with van der Waals surface area (Å²) >= 11 is 0. The number of carbonyl (C=O) groups excluding carboxylic acids is 1. The smallest absolute Gasteiger partial charge is 0.274 e. The van der Waals surface area contributed by atoms with Crippen LogP contribution in [-0.2, 0) is 0 Å². The first kappa shape index (κ1) is 13.1. The Hall–Kier alpha value is -2.36. The lowest BCUT2D eigenvalue weighted by molar-refractivity contribution is 0.102. The largest absolute Gasteiger partial charge is 0.387 e. The molecule has 2 N–H and O–H groups in total. The van der Waals surface area contributed by atoms with Crippen molar-refractivity contribution in [2.24, 2.45) is 0 Å². The molecule has 0 saturated heterocycles. The summed E-state index contributed by atoms with van der Waals surface area (Å²) in [6.07, 6.45) is 1.64. The summed E-state index contributed by atoms with van der Waals surface area (Å²) in [4.78, 5) is 16.2. The van der Waals surface area contributed by atoms with Gasteiger partial charge in [-0.2, -0.15) is 0 Å². The number of pyridine rings is 1. The molecule has 2 aromatic rings. The molecule has 98 valence electrons. The number of amides is 1. The first-order chi connectivity index (χ1) is 9.08. The fraction of sp³-hybridized carbons (Fsp3) is 0.200. The Morgan fingerprint density at radius 2 is 1.74 bits per heavy atom. The van der Waals surface area contributed by atoms with Crippen LogP contribution in [0.25, 0.3) is 0 Å². The minimum atomic E-state index is -0.201. The molecule has 0 radical (unpaired) electrons. The third-order valence-electron chi connectivity index (χ3n) is 2.76. The molecule has 0 spiro atoms. The van der Waals surface area contributed by atoms with E-state index in [9.17, 15) is 4.79 Å². The van der Waals surface area contributed by atoms with E-state index in [1.807, 2.05) is 39.1 Å². The van der Waals surface area contributed by atoms with Gasteiger partial charge in [0.2, 0.25) is 0 Å². The van der Waals surface area contributed by atoms with Gasteiger partial charge in [0.25, 0.3) is 5.91 Å². The average Bonchev–Trinajstić information content (AvgIpc) is 2.37. The van der Waals surface area contributed by atoms with Crippen molar-refractivity contribution >= 4 is 17.3 Å². The van der Waals surface area contributed by atoms with Crippen molar-refractivity contribution in [3.63, 3.8) is 0 Å². The van der Waals surface area contributed by atoms with E-state index in [2.05, 4.69) is 21.7 Å². The zero-order valence-corrected chi connectivity index (χ0v) is 11.3. The molecule has 0 fully saturated rings. The molecule has 1 heterocycles. The van der Waals surface area contributed by atoms with Crippen LogP contribution >= 0.6 is 0 Å². The van der Waals surface area contributed by atoms with Crippen LogP contribution < -0.4 is 10.6 Å². The van der Waals surface area contributed by atoms with Crippen molar-refractivity contribution in [2.75, 3.05) is 17.7 Å². The number of aryl methyl sites for hydroxylation is 2. The van der Waals surface area contributed by atoms with Gasteiger partial charge in [0.1, 0.15) is 5.69 Å². The molecule has 0 aliphatic rings. The van der Waals surface area contributed by atoms with Gasteiger partial charge in [-0.15, -0.1) is 0 Å². The van der Waals surface area contributed by atoms with Gasteiger partial charge in [0.15, 0.2) is 0 Å². The summed E-state index contributed by atoms with van der Waals surface area (Å²) in [6.45, 7) is 4.01. The minimum absolute atomic E-state index is 0.201. The monoisotopic (exact) mass is 255 g/mol. The topological polar surface area (TPSA) is 54.0 Å². The van der Waals surface area contributed by atoms with Crippen LogP contribution in [0.4, 0.5) is 11.4 Å². The maximum atomic E-state index is 12.0. The van der Waals surface area contributed by atoms with Gasteiger partial charge < -0.3 is 10.6 Å². The molecule has 1 amide bonds. The number of aromatic nitrogens is 1. The molecule has 4 heteroatoms. The van der Waals surface area contributed by atoms with Crippen LogP contribution in [0.15, 0.2) is 36.5 Å². The van der Waals surface area contributed by atoms with Crippen molar-refractivity contribution < 1.29 is 4.79 Å². The molecular formula is C15H17N3O. The molecule has 1 aromatic heterocycles. The summed E-state index contributed by atoms with van der Waals surface area (Å²) in [6, 6.07) is 9.46. The van der Waals surface area contributed by atoms with Gasteiger partial charge >= 0.3 is 0 Å². The highest BCUT2D eigenvalue weighted by Crippen LogP contribution is 2.15. The van der Waals surface area contributed by atoms with Gasteiger partial charge in [-0.1, -0.05) is 6.07 Å². The molecule has 0 aliphatic carbocycles. The van der Waals surface area contributed by atoms with Crippen LogP contribution in [0.2, 0.25) is 0 Å². The van der Waals surface area contributed by atoms with E-state index in [0.717, 1.165) is 22.5 Å². The molecule has 4 nitrogen and oxygen atoms in total. The minimum Gasteiger partial charge on any atom is -0.387 e. The highest BCUT2D eigenvalue weighted by atomic mass is 16.1. The van der Waals surface area contributed by atoms with Crippen LogP contribution in [0, 0.1) is 13.8 Å². The summed E-state index contributed by atoms with van der Waals surface area (Å²) in [5.74, 6) is -0.201. The maximum Gasteiger partial charge on any atom is 0.274 e. The fourth-order valence-corrected chi connectivity index (χ4v) is 1.92. The van der Waals surface area contributed by atoms with Crippen LogP contribution in [-0.4, -0.2) is 17.9 Å². The van der Waals surface area contributed by atoms with Crippen molar-refractivity contribution in [3.05, 3.63) is 53.3 Å². The van der Waals surface area contributed by atoms with Crippen molar-refractivity contribution in [1.29, 1.82) is 0 Å². The van der Waals surface area contributed by atoms with Gasteiger partial charge in [0.05, 0.1) is 11.9 Å². The molecular weight excluding hydrogens is 238 g/mol. The third-order valence-corrected chi connectivity index (χ3v) is 2.76. The number of benzene rings is 1. The molecule has 0 bridgehead atoms. The molecule has 0 unspecified atom stereocenters. The summed E-state index contributed by atoms with van der Waals surface area (Å²) < 4.78 is 0. The average molecular weight is 255 g/mol. The van der Waals surface area contributed by atoms with Crippen molar-refractivity contribution in [1.82, 2.24) is 4.98 Å². The van der Waals surface area contributed by atoms with Crippen LogP contribution in [0.3, 0.4) is 0 Å². The van der Waals surface area contributed by atoms with Crippen molar-refractivity contribution in [3.8, 4) is 0 Å². The van der Waals surface area contributed by atoms with Gasteiger partial charge in [-0.3, -0.25) is 4.79 Å². The number of anilines is 2. The van der Waals surface area contributed by atoms with Crippen molar-refractivity contribution in [2.45, 2.75) is 13.8 Å². The molecule has 2 rings (SSSR count). The Kier molecular flexibility index (Phi) is 3.80. The molecule has 0 atom stereocenters. The number of carbonyl (C=O) groups is 1. The zero-order valence-electron chi connectivity index (χ0n) is 11.3. The normalized spacial score (nSPS) is 10.1. The highest BCUT2D eigenvalue weighted by molar-refractivity contribution is 6.03. The van der Waals surface area contributed by atoms with E-state index in [1.165, 1.54) is 0 Å². The number of nitrogens with zero attached hydrogens (tertiary/aromatic N) is 1. The SMILES string of the molecule is CNc1ccc(C(=O)Nc2cc(C)cc(C)c2)nc1. The molecule has 19 heavy (non-hydrogen) atoms. The second kappa shape index (κ2) is 5.52. The number of nitrogens with one attached hydrogen (secondary N) is 2. The van der Waals surface area contributed by atoms with E-state index in [1.54, 1.807) is 12.3 Å². The second-order valence-corrected chi connectivity index (χ2v) is 4.51. The van der Waals surface area contributed by atoms with E-state index in [0.29, 0.717) is 5.69 Å². The molecule has 0 aliphatic heterocycles. The fourth-order valence-electron chi connectivity index (χ4n) is 1.92. The predicted molar refractivity (Wildman–Crippen MR) is 77.7 cm³/mol. The number of hydrogen-bond acceptors (Lipinski definition) is 3. The van der Waals surface area contributed by atoms with Crippen LogP contribution in [0.1, 0.15) is 21.6 Å². The lowest BCUT2D eigenvalue weighted by atomic mass is 10.1. The Balaban J connectivity index is 2.15. The summed E-state index contributed by atoms with van der Waals surface area (Å²) in [5.41, 5.74) is 4.31. The number of hydrogen-bond donors (Lipinski definition) is 2. The van der Waals surface area contributed by atoms with Gasteiger partial charge in [-0.05, 0) is 49.2 Å². The molecule has 0 saturated carbocycles. The highest BCUT2D eigenvalue weighted by Gasteiger charge is 2.07. The Morgan fingerprint density at radius 1 is 1.05 bits per heavy atom. The van der Waals surface area contributed by atoms with Gasteiger partial charge in [0, 0.05) is 12.7 Å². The Bertz CT molecular complexity index is 571. The Labute approximate surface area is 112 Å². The van der Waals surface area contributed by atoms with Gasteiger partial charge in [-0.25, -0.2) is 4.98 Å². The second-order valence-electron chi connectivity index (χ2n) is 4.51. The van der Waals surface area contributed by atoms with Crippen LogP contribution in [0.5, 0.6) is 0 Å². The predicted octanol–water partition coefficient (Wildman–Crippen LogP) is 2.99. The van der Waals surface area contributed by atoms with E-state index in [4.69, 9.17) is 0 Å². The summed E-state index contributed by atoms with van der Waals surface area (Å²) in [5, 5.41) is 5.82. The van der Waals surface area contributed by atoms with E-state index >= 15 is 0 Å².